The SMILES string of the molecule is CCOC(=O)CSc1nnc(NC(=O)c2cncc(Br)c2)s1. The van der Waals surface area contributed by atoms with Gasteiger partial charge in [0.2, 0.25) is 5.13 Å². The lowest BCUT2D eigenvalue weighted by atomic mass is 10.3. The van der Waals surface area contributed by atoms with E-state index in [0.717, 1.165) is 0 Å². The number of carbonyl (C=O) groups excluding carboxylic acids is 2. The molecule has 0 fully saturated rings. The van der Waals surface area contributed by atoms with Gasteiger partial charge in [-0.2, -0.15) is 0 Å². The Labute approximate surface area is 143 Å². The molecule has 0 radical (unpaired) electrons. The zero-order chi connectivity index (χ0) is 15.9. The van der Waals surface area contributed by atoms with Gasteiger partial charge in [-0.1, -0.05) is 23.1 Å². The Balaban J connectivity index is 1.91. The van der Waals surface area contributed by atoms with Gasteiger partial charge in [0.05, 0.1) is 17.9 Å². The van der Waals surface area contributed by atoms with Crippen molar-refractivity contribution in [3.63, 3.8) is 0 Å². The minimum atomic E-state index is -0.327. The zero-order valence-electron chi connectivity index (χ0n) is 11.4. The van der Waals surface area contributed by atoms with Crippen LogP contribution in [0, 0.1) is 0 Å². The molecule has 22 heavy (non-hydrogen) atoms. The van der Waals surface area contributed by atoms with E-state index < -0.39 is 0 Å². The number of thioether (sulfide) groups is 1. The van der Waals surface area contributed by atoms with Crippen LogP contribution in [0.3, 0.4) is 0 Å². The fraction of sp³-hybridized carbons (Fsp3) is 0.250. The van der Waals surface area contributed by atoms with Crippen LogP contribution in [-0.4, -0.2) is 39.4 Å². The summed E-state index contributed by atoms with van der Waals surface area (Å²) in [4.78, 5) is 27.2. The molecule has 0 saturated heterocycles. The van der Waals surface area contributed by atoms with E-state index in [9.17, 15) is 9.59 Å². The molecule has 2 aromatic rings. The molecule has 1 N–H and O–H groups in total. The van der Waals surface area contributed by atoms with Crippen LogP contribution >= 0.6 is 39.0 Å². The van der Waals surface area contributed by atoms with Crippen LogP contribution < -0.4 is 5.32 Å². The van der Waals surface area contributed by atoms with Gasteiger partial charge in [0.1, 0.15) is 0 Å². The summed E-state index contributed by atoms with van der Waals surface area (Å²) in [6.45, 7) is 2.09. The molecule has 10 heteroatoms. The number of aromatic nitrogens is 3. The van der Waals surface area contributed by atoms with E-state index in [4.69, 9.17) is 4.74 Å². The average Bonchev–Trinajstić information content (AvgIpc) is 2.93. The molecule has 2 aromatic heterocycles. The molecular formula is C12H11BrN4O3S2. The van der Waals surface area contributed by atoms with E-state index in [-0.39, 0.29) is 17.6 Å². The average molecular weight is 403 g/mol. The number of esters is 1. The third-order valence-corrected chi connectivity index (χ3v) is 4.59. The van der Waals surface area contributed by atoms with Crippen molar-refractivity contribution < 1.29 is 14.3 Å². The number of halogens is 1. The van der Waals surface area contributed by atoms with Gasteiger partial charge in [0, 0.05) is 16.9 Å². The summed E-state index contributed by atoms with van der Waals surface area (Å²) in [6.07, 6.45) is 3.05. The Morgan fingerprint density at radius 1 is 1.41 bits per heavy atom. The number of nitrogens with one attached hydrogen (secondary N) is 1. The summed E-state index contributed by atoms with van der Waals surface area (Å²) in [5, 5.41) is 10.7. The molecule has 1 amide bonds. The summed E-state index contributed by atoms with van der Waals surface area (Å²) in [6, 6.07) is 1.65. The molecule has 0 aliphatic heterocycles. The normalized spacial score (nSPS) is 10.3. The van der Waals surface area contributed by atoms with Gasteiger partial charge in [-0.15, -0.1) is 10.2 Å². The summed E-state index contributed by atoms with van der Waals surface area (Å²) >= 11 is 5.65. The lowest BCUT2D eigenvalue weighted by Gasteiger charge is -2.00. The highest BCUT2D eigenvalue weighted by atomic mass is 79.9. The number of pyridine rings is 1. The molecule has 0 saturated carbocycles. The molecule has 0 spiro atoms. The first kappa shape index (κ1) is 16.8. The Bertz CT molecular complexity index is 680. The molecule has 2 rings (SSSR count). The Morgan fingerprint density at radius 2 is 2.23 bits per heavy atom. The Morgan fingerprint density at radius 3 is 2.95 bits per heavy atom. The van der Waals surface area contributed by atoms with Crippen molar-refractivity contribution in [1.82, 2.24) is 15.2 Å². The highest BCUT2D eigenvalue weighted by Crippen LogP contribution is 2.25. The number of anilines is 1. The first-order valence-corrected chi connectivity index (χ1v) is 8.72. The van der Waals surface area contributed by atoms with Gasteiger partial charge >= 0.3 is 5.97 Å². The van der Waals surface area contributed by atoms with Crippen molar-refractivity contribution in [2.24, 2.45) is 0 Å². The van der Waals surface area contributed by atoms with Crippen LogP contribution in [0.2, 0.25) is 0 Å². The first-order chi connectivity index (χ1) is 10.6. The smallest absolute Gasteiger partial charge is 0.316 e. The molecule has 0 aromatic carbocycles. The van der Waals surface area contributed by atoms with Crippen LogP contribution in [0.5, 0.6) is 0 Å². The quantitative estimate of drug-likeness (QED) is 0.450. The van der Waals surface area contributed by atoms with Gasteiger partial charge in [0.15, 0.2) is 4.34 Å². The predicted molar refractivity (Wildman–Crippen MR) is 87.2 cm³/mol. The zero-order valence-corrected chi connectivity index (χ0v) is 14.6. The third-order valence-electron chi connectivity index (χ3n) is 2.21. The van der Waals surface area contributed by atoms with Crippen molar-refractivity contribution in [3.05, 3.63) is 28.5 Å². The van der Waals surface area contributed by atoms with Crippen molar-refractivity contribution in [3.8, 4) is 0 Å². The van der Waals surface area contributed by atoms with Crippen LogP contribution in [0.4, 0.5) is 5.13 Å². The minimum Gasteiger partial charge on any atom is -0.465 e. The van der Waals surface area contributed by atoms with Gasteiger partial charge < -0.3 is 4.74 Å². The van der Waals surface area contributed by atoms with E-state index in [1.807, 2.05) is 0 Å². The van der Waals surface area contributed by atoms with Crippen LogP contribution in [-0.2, 0) is 9.53 Å². The van der Waals surface area contributed by atoms with Crippen molar-refractivity contribution in [2.45, 2.75) is 11.3 Å². The van der Waals surface area contributed by atoms with Crippen LogP contribution in [0.25, 0.3) is 0 Å². The summed E-state index contributed by atoms with van der Waals surface area (Å²) in [5.74, 6) is -0.480. The standard InChI is InChI=1S/C12H11BrN4O3S2/c1-2-20-9(18)6-21-12-17-16-11(22-12)15-10(19)7-3-8(13)5-14-4-7/h3-5H,2,6H2,1H3,(H,15,16,19). The topological polar surface area (TPSA) is 94.1 Å². The predicted octanol–water partition coefficient (Wildman–Crippen LogP) is 2.60. The number of rotatable bonds is 6. The minimum absolute atomic E-state index is 0.159. The number of carbonyl (C=O) groups is 2. The second-order valence-corrected chi connectivity index (χ2v) is 6.93. The molecule has 2 heterocycles. The number of amides is 1. The Kier molecular flexibility index (Phi) is 6.28. The molecule has 116 valence electrons. The molecule has 0 unspecified atom stereocenters. The van der Waals surface area contributed by atoms with E-state index in [1.54, 1.807) is 19.2 Å². The highest BCUT2D eigenvalue weighted by Gasteiger charge is 2.12. The Hall–Kier alpha value is -1.52. The second-order valence-electron chi connectivity index (χ2n) is 3.81. The van der Waals surface area contributed by atoms with E-state index >= 15 is 0 Å². The first-order valence-electron chi connectivity index (χ1n) is 6.12. The number of nitrogens with zero attached hydrogens (tertiary/aromatic N) is 3. The third kappa shape index (κ3) is 5.04. The van der Waals surface area contributed by atoms with Gasteiger partial charge in [-0.05, 0) is 28.9 Å². The molecule has 0 aliphatic carbocycles. The number of hydrogen-bond donors (Lipinski definition) is 1. The van der Waals surface area contributed by atoms with E-state index in [0.29, 0.717) is 26.1 Å². The van der Waals surface area contributed by atoms with Crippen LogP contribution in [0.1, 0.15) is 17.3 Å². The molecule has 7 nitrogen and oxygen atoms in total. The molecule has 0 aliphatic rings. The number of hydrogen-bond acceptors (Lipinski definition) is 8. The van der Waals surface area contributed by atoms with Crippen molar-refractivity contribution >= 4 is 56.0 Å². The van der Waals surface area contributed by atoms with Crippen LogP contribution in [0.15, 0.2) is 27.3 Å². The van der Waals surface area contributed by atoms with Gasteiger partial charge in [-0.25, -0.2) is 0 Å². The lowest BCUT2D eigenvalue weighted by molar-refractivity contribution is -0.139. The molecule has 0 atom stereocenters. The fourth-order valence-corrected chi connectivity index (χ4v) is 3.26. The maximum Gasteiger partial charge on any atom is 0.316 e. The summed E-state index contributed by atoms with van der Waals surface area (Å²) < 4.78 is 6.11. The highest BCUT2D eigenvalue weighted by molar-refractivity contribution is 9.10. The lowest BCUT2D eigenvalue weighted by Crippen LogP contribution is -2.11. The van der Waals surface area contributed by atoms with Gasteiger partial charge in [-0.3, -0.25) is 19.9 Å². The van der Waals surface area contributed by atoms with Crippen molar-refractivity contribution in [1.29, 1.82) is 0 Å². The second kappa shape index (κ2) is 8.20. The molecular weight excluding hydrogens is 392 g/mol. The monoisotopic (exact) mass is 402 g/mol. The number of ether oxygens (including phenoxy) is 1. The van der Waals surface area contributed by atoms with Gasteiger partial charge in [0.25, 0.3) is 5.91 Å². The maximum absolute atomic E-state index is 12.0. The molecule has 0 bridgehead atoms. The summed E-state index contributed by atoms with van der Waals surface area (Å²) in [7, 11) is 0. The van der Waals surface area contributed by atoms with Crippen molar-refractivity contribution in [2.75, 3.05) is 17.7 Å². The van der Waals surface area contributed by atoms with E-state index in [2.05, 4.69) is 36.4 Å². The largest absolute Gasteiger partial charge is 0.465 e. The summed E-state index contributed by atoms with van der Waals surface area (Å²) in [5.41, 5.74) is 0.408. The van der Waals surface area contributed by atoms with E-state index in [1.165, 1.54) is 29.3 Å². The fourth-order valence-electron chi connectivity index (χ4n) is 1.35. The maximum atomic E-state index is 12.0.